The Bertz CT molecular complexity index is 1040. The first-order valence-electron chi connectivity index (χ1n) is 8.90. The molecule has 1 amide bonds. The van der Waals surface area contributed by atoms with E-state index < -0.39 is 29.5 Å². The Hall–Kier alpha value is -3.42. The molecule has 28 heavy (non-hydrogen) atoms. The third kappa shape index (κ3) is 4.11. The van der Waals surface area contributed by atoms with Gasteiger partial charge < -0.3 is 5.32 Å². The molecule has 2 aromatic rings. The molecule has 1 N–H and O–H groups in total. The molecule has 0 radical (unpaired) electrons. The number of amides is 1. The van der Waals surface area contributed by atoms with Crippen LogP contribution in [0.3, 0.4) is 0 Å². The molecule has 8 nitrogen and oxygen atoms in total. The van der Waals surface area contributed by atoms with Crippen LogP contribution in [0.1, 0.15) is 18.1 Å². The maximum atomic E-state index is 12.6. The fraction of sp³-hybridized carbons (Fsp3) is 0.300. The van der Waals surface area contributed by atoms with Crippen molar-refractivity contribution in [3.63, 3.8) is 0 Å². The Balaban J connectivity index is 2.49. The first-order valence-corrected chi connectivity index (χ1v) is 8.90. The predicted molar refractivity (Wildman–Crippen MR) is 109 cm³/mol. The number of nitrogens with one attached hydrogen (secondary N) is 1. The van der Waals surface area contributed by atoms with Gasteiger partial charge in [0.25, 0.3) is 0 Å². The van der Waals surface area contributed by atoms with Gasteiger partial charge in [0.05, 0.1) is 13.1 Å². The Labute approximate surface area is 162 Å². The van der Waals surface area contributed by atoms with Crippen LogP contribution in [0, 0.1) is 6.92 Å². The lowest BCUT2D eigenvalue weighted by molar-refractivity contribution is -0.116. The molecule has 1 aromatic carbocycles. The molecule has 8 heteroatoms. The highest BCUT2D eigenvalue weighted by Crippen LogP contribution is 2.20. The minimum atomic E-state index is -0.856. The topological polar surface area (TPSA) is 95.1 Å². The van der Waals surface area contributed by atoms with E-state index in [2.05, 4.69) is 18.5 Å². The van der Waals surface area contributed by atoms with Gasteiger partial charge in [0.2, 0.25) is 5.91 Å². The van der Waals surface area contributed by atoms with Crippen LogP contribution in [-0.2, 0) is 30.8 Å². The zero-order valence-electron chi connectivity index (χ0n) is 16.1. The number of anilines is 1. The molecular formula is C20H24N4O4. The standard InChI is InChI=1S/C20H24N4O4/c1-5-11-22-18(26)23(12-6-2)20(28)24(19(22)27)13-16(25)21-17-14(4)9-8-10-15(17)7-3/h5-6,8-10H,1-2,7,11-13H2,3-4H3,(H,21,25). The quantitative estimate of drug-likeness (QED) is 0.689. The summed E-state index contributed by atoms with van der Waals surface area (Å²) < 4.78 is 2.46. The number of nitrogens with zero attached hydrogens (tertiary/aromatic N) is 3. The highest BCUT2D eigenvalue weighted by Gasteiger charge is 2.17. The van der Waals surface area contributed by atoms with Crippen LogP contribution in [0.4, 0.5) is 5.69 Å². The van der Waals surface area contributed by atoms with Crippen LogP contribution in [0.25, 0.3) is 0 Å². The summed E-state index contributed by atoms with van der Waals surface area (Å²) in [6.07, 6.45) is 3.46. The molecular weight excluding hydrogens is 360 g/mol. The van der Waals surface area contributed by atoms with Gasteiger partial charge in [0.1, 0.15) is 6.54 Å². The van der Waals surface area contributed by atoms with Crippen LogP contribution in [0.15, 0.2) is 57.9 Å². The first kappa shape index (κ1) is 20.9. The molecule has 0 aliphatic rings. The van der Waals surface area contributed by atoms with Gasteiger partial charge in [-0.25, -0.2) is 28.1 Å². The SMILES string of the molecule is C=CCn1c(=O)n(CC=C)c(=O)n(CC(=O)Nc2c(C)cccc2CC)c1=O. The van der Waals surface area contributed by atoms with Crippen molar-refractivity contribution in [2.24, 2.45) is 0 Å². The van der Waals surface area contributed by atoms with Crippen LogP contribution in [-0.4, -0.2) is 19.6 Å². The molecule has 1 aromatic heterocycles. The van der Waals surface area contributed by atoms with E-state index in [1.807, 2.05) is 32.0 Å². The number of rotatable bonds is 8. The van der Waals surface area contributed by atoms with Gasteiger partial charge in [-0.3, -0.25) is 4.79 Å². The van der Waals surface area contributed by atoms with Crippen LogP contribution in [0.5, 0.6) is 0 Å². The lowest BCUT2D eigenvalue weighted by Crippen LogP contribution is -2.55. The summed E-state index contributed by atoms with van der Waals surface area (Å²) in [6.45, 7) is 10.2. The van der Waals surface area contributed by atoms with Gasteiger partial charge in [0, 0.05) is 5.69 Å². The van der Waals surface area contributed by atoms with E-state index in [-0.39, 0.29) is 13.1 Å². The molecule has 0 atom stereocenters. The number of aromatic nitrogens is 3. The number of benzene rings is 1. The van der Waals surface area contributed by atoms with Crippen molar-refractivity contribution in [2.75, 3.05) is 5.32 Å². The van der Waals surface area contributed by atoms with Gasteiger partial charge in [-0.05, 0) is 24.5 Å². The van der Waals surface area contributed by atoms with E-state index in [0.717, 1.165) is 24.8 Å². The summed E-state index contributed by atoms with van der Waals surface area (Å²) in [5.41, 5.74) is 0.00590. The van der Waals surface area contributed by atoms with Crippen molar-refractivity contribution >= 4 is 11.6 Å². The average Bonchev–Trinajstić information content (AvgIpc) is 2.67. The largest absolute Gasteiger partial charge is 0.337 e. The molecule has 0 saturated carbocycles. The molecule has 0 aliphatic heterocycles. The fourth-order valence-electron chi connectivity index (χ4n) is 2.91. The monoisotopic (exact) mass is 384 g/mol. The molecule has 0 bridgehead atoms. The Morgan fingerprint density at radius 1 is 1.00 bits per heavy atom. The summed E-state index contributed by atoms with van der Waals surface area (Å²) in [4.78, 5) is 50.1. The zero-order chi connectivity index (χ0) is 20.8. The predicted octanol–water partition coefficient (Wildman–Crippen LogP) is 1.05. The van der Waals surface area contributed by atoms with E-state index in [4.69, 9.17) is 0 Å². The molecule has 2 rings (SSSR count). The van der Waals surface area contributed by atoms with Gasteiger partial charge in [-0.15, -0.1) is 13.2 Å². The second kappa shape index (κ2) is 8.98. The third-order valence-corrected chi connectivity index (χ3v) is 4.31. The van der Waals surface area contributed by atoms with Gasteiger partial charge in [-0.2, -0.15) is 0 Å². The molecule has 0 aliphatic carbocycles. The summed E-state index contributed by atoms with van der Waals surface area (Å²) in [5.74, 6) is -0.530. The molecule has 0 saturated heterocycles. The number of aryl methyl sites for hydroxylation is 2. The molecule has 1 heterocycles. The van der Waals surface area contributed by atoms with Crippen LogP contribution in [0.2, 0.25) is 0 Å². The first-order chi connectivity index (χ1) is 13.3. The van der Waals surface area contributed by atoms with Crippen molar-refractivity contribution in [2.45, 2.75) is 39.9 Å². The zero-order valence-corrected chi connectivity index (χ0v) is 16.1. The summed E-state index contributed by atoms with van der Waals surface area (Å²) in [7, 11) is 0. The minimum Gasteiger partial charge on any atom is -0.324 e. The van der Waals surface area contributed by atoms with E-state index in [1.54, 1.807) is 0 Å². The number of allylic oxidation sites excluding steroid dienone is 2. The molecule has 148 valence electrons. The highest BCUT2D eigenvalue weighted by atomic mass is 16.2. The van der Waals surface area contributed by atoms with Crippen molar-refractivity contribution in [1.82, 2.24) is 13.7 Å². The van der Waals surface area contributed by atoms with E-state index in [9.17, 15) is 19.2 Å². The lowest BCUT2D eigenvalue weighted by Gasteiger charge is -2.15. The Kier molecular flexibility index (Phi) is 6.70. The molecule has 0 fully saturated rings. The van der Waals surface area contributed by atoms with E-state index >= 15 is 0 Å². The Morgan fingerprint density at radius 3 is 2.04 bits per heavy atom. The maximum absolute atomic E-state index is 12.6. The minimum absolute atomic E-state index is 0.0749. The smallest absolute Gasteiger partial charge is 0.324 e. The summed E-state index contributed by atoms with van der Waals surface area (Å²) >= 11 is 0. The fourth-order valence-corrected chi connectivity index (χ4v) is 2.91. The van der Waals surface area contributed by atoms with E-state index in [0.29, 0.717) is 12.1 Å². The second-order valence-corrected chi connectivity index (χ2v) is 6.24. The number of hydrogen-bond acceptors (Lipinski definition) is 4. The molecule has 0 unspecified atom stereocenters. The average molecular weight is 384 g/mol. The maximum Gasteiger partial charge on any atom is 0.337 e. The number of hydrogen-bond donors (Lipinski definition) is 1. The third-order valence-electron chi connectivity index (χ3n) is 4.31. The van der Waals surface area contributed by atoms with Gasteiger partial charge >= 0.3 is 17.1 Å². The van der Waals surface area contributed by atoms with Gasteiger partial charge in [0.15, 0.2) is 0 Å². The molecule has 0 spiro atoms. The second-order valence-electron chi connectivity index (χ2n) is 6.24. The lowest BCUT2D eigenvalue weighted by atomic mass is 10.1. The summed E-state index contributed by atoms with van der Waals surface area (Å²) in [6, 6.07) is 5.66. The van der Waals surface area contributed by atoms with Gasteiger partial charge in [-0.1, -0.05) is 37.3 Å². The Morgan fingerprint density at radius 2 is 1.54 bits per heavy atom. The normalized spacial score (nSPS) is 10.5. The number of para-hydroxylation sites is 1. The van der Waals surface area contributed by atoms with Crippen molar-refractivity contribution < 1.29 is 4.79 Å². The number of carbonyl (C=O) groups is 1. The van der Waals surface area contributed by atoms with Crippen molar-refractivity contribution in [1.29, 1.82) is 0 Å². The van der Waals surface area contributed by atoms with Crippen molar-refractivity contribution in [3.8, 4) is 0 Å². The highest BCUT2D eigenvalue weighted by molar-refractivity contribution is 5.92. The number of carbonyl (C=O) groups excluding carboxylic acids is 1. The van der Waals surface area contributed by atoms with E-state index in [1.165, 1.54) is 12.2 Å². The van der Waals surface area contributed by atoms with Crippen molar-refractivity contribution in [3.05, 3.63) is 86.1 Å². The summed E-state index contributed by atoms with van der Waals surface area (Å²) in [5, 5.41) is 2.78. The van der Waals surface area contributed by atoms with Crippen LogP contribution < -0.4 is 22.4 Å². The van der Waals surface area contributed by atoms with Crippen LogP contribution >= 0.6 is 0 Å².